The molecular formula is C11H12N6. The Hall–Kier alpha value is -2.37. The van der Waals surface area contributed by atoms with Crippen LogP contribution in [0.25, 0.3) is 16.9 Å². The van der Waals surface area contributed by atoms with Crippen molar-refractivity contribution in [3.8, 4) is 5.82 Å². The zero-order valence-electron chi connectivity index (χ0n) is 9.62. The van der Waals surface area contributed by atoms with Crippen LogP contribution in [0.5, 0.6) is 0 Å². The van der Waals surface area contributed by atoms with Crippen molar-refractivity contribution in [1.29, 1.82) is 0 Å². The molecule has 2 N–H and O–H groups in total. The molecule has 0 bridgehead atoms. The summed E-state index contributed by atoms with van der Waals surface area (Å²) < 4.78 is 3.66. The summed E-state index contributed by atoms with van der Waals surface area (Å²) in [6, 6.07) is 3.73. The van der Waals surface area contributed by atoms with Crippen LogP contribution in [0.15, 0.2) is 24.7 Å². The van der Waals surface area contributed by atoms with E-state index in [1.54, 1.807) is 17.2 Å². The molecule has 0 aromatic carbocycles. The summed E-state index contributed by atoms with van der Waals surface area (Å²) >= 11 is 0. The fraction of sp³-hybridized carbons (Fsp3) is 0.182. The maximum absolute atomic E-state index is 5.68. The van der Waals surface area contributed by atoms with Crippen LogP contribution in [0.2, 0.25) is 0 Å². The molecule has 0 atom stereocenters. The quantitative estimate of drug-likeness (QED) is 0.675. The SMILES string of the molecule is Cc1cc(N)nn1-c1nccc2c1ncn2C. The Morgan fingerprint density at radius 2 is 2.12 bits per heavy atom. The lowest BCUT2D eigenvalue weighted by Crippen LogP contribution is -2.03. The van der Waals surface area contributed by atoms with Gasteiger partial charge in [0.15, 0.2) is 5.82 Å². The highest BCUT2D eigenvalue weighted by atomic mass is 15.3. The maximum atomic E-state index is 5.68. The molecule has 0 saturated heterocycles. The van der Waals surface area contributed by atoms with E-state index in [4.69, 9.17) is 5.73 Å². The van der Waals surface area contributed by atoms with Gasteiger partial charge >= 0.3 is 0 Å². The lowest BCUT2D eigenvalue weighted by molar-refractivity contribution is 0.827. The number of rotatable bonds is 1. The van der Waals surface area contributed by atoms with Gasteiger partial charge in [0.25, 0.3) is 0 Å². The second kappa shape index (κ2) is 3.31. The Balaban J connectivity index is 2.34. The summed E-state index contributed by atoms with van der Waals surface area (Å²) in [5.41, 5.74) is 8.46. The van der Waals surface area contributed by atoms with Gasteiger partial charge in [0, 0.05) is 25.0 Å². The Kier molecular flexibility index (Phi) is 1.91. The fourth-order valence-corrected chi connectivity index (χ4v) is 1.92. The van der Waals surface area contributed by atoms with Crippen molar-refractivity contribution >= 4 is 16.9 Å². The smallest absolute Gasteiger partial charge is 0.181 e. The molecule has 0 saturated carbocycles. The molecule has 0 aliphatic carbocycles. The molecule has 3 heterocycles. The summed E-state index contributed by atoms with van der Waals surface area (Å²) in [6.45, 7) is 1.94. The van der Waals surface area contributed by atoms with Gasteiger partial charge in [-0.05, 0) is 13.0 Å². The number of anilines is 1. The van der Waals surface area contributed by atoms with Crippen LogP contribution in [-0.2, 0) is 7.05 Å². The third-order valence-corrected chi connectivity index (χ3v) is 2.73. The summed E-state index contributed by atoms with van der Waals surface area (Å²) in [5, 5.41) is 4.22. The van der Waals surface area contributed by atoms with Gasteiger partial charge in [0.2, 0.25) is 0 Å². The zero-order valence-corrected chi connectivity index (χ0v) is 9.62. The first-order valence-electron chi connectivity index (χ1n) is 5.25. The van der Waals surface area contributed by atoms with Gasteiger partial charge < -0.3 is 10.3 Å². The average Bonchev–Trinajstić information content (AvgIpc) is 2.83. The van der Waals surface area contributed by atoms with E-state index >= 15 is 0 Å². The highest BCUT2D eigenvalue weighted by Crippen LogP contribution is 2.19. The minimum atomic E-state index is 0.484. The highest BCUT2D eigenvalue weighted by molar-refractivity contribution is 5.81. The third kappa shape index (κ3) is 1.37. The first-order valence-corrected chi connectivity index (χ1v) is 5.25. The van der Waals surface area contributed by atoms with Gasteiger partial charge in [-0.3, -0.25) is 0 Å². The molecule has 86 valence electrons. The molecule has 3 aromatic rings. The monoisotopic (exact) mass is 228 g/mol. The Morgan fingerprint density at radius 1 is 1.29 bits per heavy atom. The Morgan fingerprint density at radius 3 is 2.82 bits per heavy atom. The molecule has 0 amide bonds. The minimum absolute atomic E-state index is 0.484. The van der Waals surface area contributed by atoms with Crippen LogP contribution in [0.3, 0.4) is 0 Å². The normalized spacial score (nSPS) is 11.2. The number of aromatic nitrogens is 5. The molecule has 3 aromatic heterocycles. The van der Waals surface area contributed by atoms with E-state index in [-0.39, 0.29) is 0 Å². The highest BCUT2D eigenvalue weighted by Gasteiger charge is 2.11. The topological polar surface area (TPSA) is 74.6 Å². The van der Waals surface area contributed by atoms with Crippen LogP contribution in [0.1, 0.15) is 5.69 Å². The number of hydrogen-bond donors (Lipinski definition) is 1. The van der Waals surface area contributed by atoms with Crippen molar-refractivity contribution in [3.63, 3.8) is 0 Å². The summed E-state index contributed by atoms with van der Waals surface area (Å²) in [5.74, 6) is 1.19. The molecule has 6 heteroatoms. The fourth-order valence-electron chi connectivity index (χ4n) is 1.92. The number of nitrogen functional groups attached to an aromatic ring is 1. The number of nitrogens with two attached hydrogens (primary N) is 1. The van der Waals surface area contributed by atoms with E-state index in [2.05, 4.69) is 15.1 Å². The van der Waals surface area contributed by atoms with Gasteiger partial charge in [-0.1, -0.05) is 0 Å². The lowest BCUT2D eigenvalue weighted by atomic mass is 10.3. The number of imidazole rings is 1. The van der Waals surface area contributed by atoms with Crippen molar-refractivity contribution in [3.05, 3.63) is 30.4 Å². The average molecular weight is 228 g/mol. The van der Waals surface area contributed by atoms with Gasteiger partial charge in [-0.25, -0.2) is 14.6 Å². The van der Waals surface area contributed by atoms with Gasteiger partial charge in [0.1, 0.15) is 11.3 Å². The summed E-state index contributed by atoms with van der Waals surface area (Å²) in [4.78, 5) is 8.68. The number of aryl methyl sites for hydroxylation is 2. The second-order valence-corrected chi connectivity index (χ2v) is 3.98. The molecule has 6 nitrogen and oxygen atoms in total. The molecule has 0 spiro atoms. The van der Waals surface area contributed by atoms with Crippen LogP contribution in [0.4, 0.5) is 5.82 Å². The van der Waals surface area contributed by atoms with Crippen LogP contribution in [0, 0.1) is 6.92 Å². The van der Waals surface area contributed by atoms with Crippen LogP contribution in [-0.4, -0.2) is 24.3 Å². The Labute approximate surface area is 97.7 Å². The van der Waals surface area contributed by atoms with E-state index in [1.165, 1.54) is 0 Å². The molecule has 17 heavy (non-hydrogen) atoms. The van der Waals surface area contributed by atoms with Crippen molar-refractivity contribution in [2.24, 2.45) is 7.05 Å². The van der Waals surface area contributed by atoms with Gasteiger partial charge in [-0.15, -0.1) is 5.10 Å². The predicted molar refractivity (Wildman–Crippen MR) is 64.8 cm³/mol. The zero-order chi connectivity index (χ0) is 12.0. The first kappa shape index (κ1) is 9.83. The second-order valence-electron chi connectivity index (χ2n) is 3.98. The predicted octanol–water partition coefficient (Wildman–Crippen LogP) is 1.04. The summed E-state index contributed by atoms with van der Waals surface area (Å²) in [6.07, 6.45) is 3.51. The minimum Gasteiger partial charge on any atom is -0.382 e. The van der Waals surface area contributed by atoms with Crippen molar-refractivity contribution < 1.29 is 0 Å². The van der Waals surface area contributed by atoms with Crippen LogP contribution >= 0.6 is 0 Å². The van der Waals surface area contributed by atoms with Crippen molar-refractivity contribution in [2.45, 2.75) is 6.92 Å². The maximum Gasteiger partial charge on any atom is 0.181 e. The third-order valence-electron chi connectivity index (χ3n) is 2.73. The van der Waals surface area contributed by atoms with E-state index in [0.717, 1.165) is 16.7 Å². The summed E-state index contributed by atoms with van der Waals surface area (Å²) in [7, 11) is 1.95. The molecule has 0 radical (unpaired) electrons. The number of nitrogens with zero attached hydrogens (tertiary/aromatic N) is 5. The van der Waals surface area contributed by atoms with E-state index in [1.807, 2.05) is 30.7 Å². The number of pyridine rings is 1. The molecular weight excluding hydrogens is 216 g/mol. The number of fused-ring (bicyclic) bond motifs is 1. The van der Waals surface area contributed by atoms with Gasteiger partial charge in [0.05, 0.1) is 11.8 Å². The van der Waals surface area contributed by atoms with E-state index in [0.29, 0.717) is 11.6 Å². The van der Waals surface area contributed by atoms with Crippen LogP contribution < -0.4 is 5.73 Å². The van der Waals surface area contributed by atoms with Crippen molar-refractivity contribution in [2.75, 3.05) is 5.73 Å². The van der Waals surface area contributed by atoms with Gasteiger partial charge in [-0.2, -0.15) is 0 Å². The van der Waals surface area contributed by atoms with Crippen molar-refractivity contribution in [1.82, 2.24) is 24.3 Å². The lowest BCUT2D eigenvalue weighted by Gasteiger charge is -2.03. The van der Waals surface area contributed by atoms with E-state index in [9.17, 15) is 0 Å². The number of hydrogen-bond acceptors (Lipinski definition) is 4. The molecule has 3 rings (SSSR count). The largest absolute Gasteiger partial charge is 0.382 e. The standard InChI is InChI=1S/C11H12N6/c1-7-5-9(12)15-17(7)11-10-8(3-4-13-11)16(2)6-14-10/h3-6H,1-2H3,(H2,12,15). The molecule has 0 aliphatic heterocycles. The van der Waals surface area contributed by atoms with E-state index < -0.39 is 0 Å². The Bertz CT molecular complexity index is 693. The first-order chi connectivity index (χ1) is 8.16. The molecule has 0 unspecified atom stereocenters. The molecule has 0 aliphatic rings. The molecule has 0 fully saturated rings.